The minimum Gasteiger partial charge on any atom is -0.490 e. The van der Waals surface area contributed by atoms with Gasteiger partial charge in [-0.15, -0.1) is 0 Å². The maximum Gasteiger partial charge on any atom is 0.310 e. The van der Waals surface area contributed by atoms with Crippen LogP contribution in [0.15, 0.2) is 18.2 Å². The third-order valence-corrected chi connectivity index (χ3v) is 9.49. The van der Waals surface area contributed by atoms with Gasteiger partial charge < -0.3 is 14.4 Å². The second kappa shape index (κ2) is 10.9. The Balaban J connectivity index is 1.06. The van der Waals surface area contributed by atoms with Crippen LogP contribution in [0.1, 0.15) is 51.9 Å². The molecule has 0 spiro atoms. The number of nitrogens with zero attached hydrogens (tertiary/aromatic N) is 2. The average Bonchev–Trinajstić information content (AvgIpc) is 3.45. The molecule has 7 heteroatoms. The number of piperidine rings is 2. The highest BCUT2D eigenvalue weighted by atomic mass is 35.5. The quantitative estimate of drug-likeness (QED) is 0.453. The molecule has 0 aromatic heterocycles. The van der Waals surface area contributed by atoms with Crippen molar-refractivity contribution < 1.29 is 14.3 Å². The summed E-state index contributed by atoms with van der Waals surface area (Å²) in [4.78, 5) is 18.0. The number of carbonyl (C=O) groups is 1. The van der Waals surface area contributed by atoms with Gasteiger partial charge in [0.25, 0.3) is 0 Å². The first kappa shape index (κ1) is 24.7. The normalized spacial score (nSPS) is 31.1. The van der Waals surface area contributed by atoms with Crippen molar-refractivity contribution in [2.45, 2.75) is 64.0 Å². The maximum absolute atomic E-state index is 12.7. The van der Waals surface area contributed by atoms with Crippen LogP contribution >= 0.6 is 23.2 Å². The Bertz CT molecular complexity index is 852. The number of benzene rings is 1. The number of fused-ring (bicyclic) bond motifs is 2. The van der Waals surface area contributed by atoms with Crippen LogP contribution in [0.25, 0.3) is 0 Å². The lowest BCUT2D eigenvalue weighted by Gasteiger charge is -2.43. The van der Waals surface area contributed by atoms with E-state index in [1.165, 1.54) is 38.6 Å². The Morgan fingerprint density at radius 3 is 2.41 bits per heavy atom. The number of ether oxygens (including phenoxy) is 2. The Labute approximate surface area is 214 Å². The zero-order chi connectivity index (χ0) is 23.7. The van der Waals surface area contributed by atoms with Crippen LogP contribution in [0.5, 0.6) is 5.75 Å². The molecule has 4 fully saturated rings. The molecular weight excluding hydrogens is 471 g/mol. The first-order valence-electron chi connectivity index (χ1n) is 13.3. The van der Waals surface area contributed by atoms with Crippen molar-refractivity contribution in [3.05, 3.63) is 28.2 Å². The van der Waals surface area contributed by atoms with Gasteiger partial charge in [0.15, 0.2) is 0 Å². The first-order chi connectivity index (χ1) is 16.5. The lowest BCUT2D eigenvalue weighted by atomic mass is 9.82. The molecule has 2 bridgehead atoms. The number of carbonyl (C=O) groups excluding carboxylic acids is 1. The molecule has 2 aliphatic heterocycles. The topological polar surface area (TPSA) is 42.0 Å². The smallest absolute Gasteiger partial charge is 0.310 e. The van der Waals surface area contributed by atoms with E-state index >= 15 is 0 Å². The van der Waals surface area contributed by atoms with Crippen LogP contribution in [-0.4, -0.2) is 67.2 Å². The molecule has 2 unspecified atom stereocenters. The molecule has 0 amide bonds. The highest BCUT2D eigenvalue weighted by Gasteiger charge is 2.53. The summed E-state index contributed by atoms with van der Waals surface area (Å²) in [5.74, 6) is 2.99. The molecule has 2 saturated heterocycles. The average molecular weight is 510 g/mol. The van der Waals surface area contributed by atoms with Crippen molar-refractivity contribution in [2.75, 3.05) is 39.3 Å². The standard InChI is InChI=1S/C27H38Cl2N2O3/c1-2-33-27(32)25-19-3-4-20(15-19)26(25)31-13-7-18(8-14-31)17-30-11-9-21(10-12-30)34-22-5-6-23(28)24(29)16-22/h5-6,16,18-21,25-26H,2-4,7-15,17H2,1H3/t19?,20?,25-,26+/m0/s1. The first-order valence-corrected chi connectivity index (χ1v) is 14.0. The summed E-state index contributed by atoms with van der Waals surface area (Å²) in [7, 11) is 0. The van der Waals surface area contributed by atoms with Crippen LogP contribution < -0.4 is 4.74 Å². The molecule has 5 nitrogen and oxygen atoms in total. The molecule has 1 aromatic rings. The molecule has 0 N–H and O–H groups in total. The molecule has 0 radical (unpaired) electrons. The molecule has 5 rings (SSSR count). The largest absolute Gasteiger partial charge is 0.490 e. The molecule has 4 aliphatic rings. The van der Waals surface area contributed by atoms with Gasteiger partial charge in [0.1, 0.15) is 11.9 Å². The maximum atomic E-state index is 12.7. The zero-order valence-electron chi connectivity index (χ0n) is 20.3. The lowest BCUT2D eigenvalue weighted by molar-refractivity contribution is -0.153. The number of rotatable bonds is 7. The van der Waals surface area contributed by atoms with Crippen LogP contribution in [0.3, 0.4) is 0 Å². The van der Waals surface area contributed by atoms with Crippen molar-refractivity contribution in [3.63, 3.8) is 0 Å². The van der Waals surface area contributed by atoms with Gasteiger partial charge in [0.05, 0.1) is 22.6 Å². The van der Waals surface area contributed by atoms with Gasteiger partial charge in [-0.1, -0.05) is 23.2 Å². The van der Waals surface area contributed by atoms with E-state index < -0.39 is 0 Å². The predicted molar refractivity (Wildman–Crippen MR) is 136 cm³/mol. The molecule has 2 aliphatic carbocycles. The summed E-state index contributed by atoms with van der Waals surface area (Å²) in [5.41, 5.74) is 0. The molecular formula is C27H38Cl2N2O3. The third-order valence-electron chi connectivity index (χ3n) is 8.75. The number of hydrogen-bond donors (Lipinski definition) is 0. The van der Waals surface area contributed by atoms with E-state index in [0.717, 1.165) is 50.7 Å². The van der Waals surface area contributed by atoms with Gasteiger partial charge in [0.2, 0.25) is 0 Å². The van der Waals surface area contributed by atoms with Crippen molar-refractivity contribution in [3.8, 4) is 5.75 Å². The van der Waals surface area contributed by atoms with E-state index in [9.17, 15) is 4.79 Å². The molecule has 2 saturated carbocycles. The number of halogens is 2. The Morgan fingerprint density at radius 1 is 0.971 bits per heavy atom. The van der Waals surface area contributed by atoms with E-state index in [1.54, 1.807) is 6.07 Å². The fourth-order valence-corrected chi connectivity index (χ4v) is 7.40. The van der Waals surface area contributed by atoms with Crippen LogP contribution in [0, 0.1) is 23.7 Å². The Morgan fingerprint density at radius 2 is 1.71 bits per heavy atom. The SMILES string of the molecule is CCOC(=O)[C@H]1C2CCC(C2)[C@H]1N1CCC(CN2CCC(Oc3ccc(Cl)c(Cl)c3)CC2)CC1. The highest BCUT2D eigenvalue weighted by Crippen LogP contribution is 2.51. The lowest BCUT2D eigenvalue weighted by Crippen LogP contribution is -2.51. The summed E-state index contributed by atoms with van der Waals surface area (Å²) < 4.78 is 11.6. The summed E-state index contributed by atoms with van der Waals surface area (Å²) in [6, 6.07) is 5.93. The minimum absolute atomic E-state index is 0.0628. The Kier molecular flexibility index (Phi) is 7.94. The van der Waals surface area contributed by atoms with Gasteiger partial charge in [0, 0.05) is 31.7 Å². The molecule has 34 heavy (non-hydrogen) atoms. The van der Waals surface area contributed by atoms with Gasteiger partial charge in [-0.25, -0.2) is 0 Å². The van der Waals surface area contributed by atoms with E-state index in [0.29, 0.717) is 34.5 Å². The zero-order valence-corrected chi connectivity index (χ0v) is 21.8. The number of esters is 1. The van der Waals surface area contributed by atoms with Gasteiger partial charge in [-0.05, 0) is 94.8 Å². The fraction of sp³-hybridized carbons (Fsp3) is 0.741. The predicted octanol–water partition coefficient (Wildman–Crippen LogP) is 5.53. The van der Waals surface area contributed by atoms with Gasteiger partial charge >= 0.3 is 5.97 Å². The number of hydrogen-bond acceptors (Lipinski definition) is 5. The Hall–Kier alpha value is -1.01. The summed E-state index contributed by atoms with van der Waals surface area (Å²) in [6.45, 7) is 8.04. The van der Waals surface area contributed by atoms with Gasteiger partial charge in [-0.3, -0.25) is 9.69 Å². The second-order valence-electron chi connectivity index (χ2n) is 10.8. The molecule has 2 heterocycles. The van der Waals surface area contributed by atoms with Crippen molar-refractivity contribution in [2.24, 2.45) is 23.7 Å². The molecule has 4 atom stereocenters. The van der Waals surface area contributed by atoms with Crippen LogP contribution in [0.2, 0.25) is 10.0 Å². The van der Waals surface area contributed by atoms with Crippen molar-refractivity contribution in [1.29, 1.82) is 0 Å². The monoisotopic (exact) mass is 508 g/mol. The highest BCUT2D eigenvalue weighted by molar-refractivity contribution is 6.42. The number of likely N-dealkylation sites (tertiary alicyclic amines) is 2. The summed E-state index contributed by atoms with van der Waals surface area (Å²) in [6.07, 6.45) is 8.56. The van der Waals surface area contributed by atoms with E-state index in [4.69, 9.17) is 32.7 Å². The molecule has 1 aromatic carbocycles. The summed E-state index contributed by atoms with van der Waals surface area (Å²) in [5, 5.41) is 1.11. The third kappa shape index (κ3) is 5.38. The van der Waals surface area contributed by atoms with E-state index in [1.807, 2.05) is 19.1 Å². The minimum atomic E-state index is 0.0628. The van der Waals surface area contributed by atoms with Crippen LogP contribution in [-0.2, 0) is 9.53 Å². The summed E-state index contributed by atoms with van der Waals surface area (Å²) >= 11 is 12.1. The van der Waals surface area contributed by atoms with Crippen LogP contribution in [0.4, 0.5) is 0 Å². The van der Waals surface area contributed by atoms with E-state index in [-0.39, 0.29) is 18.0 Å². The van der Waals surface area contributed by atoms with E-state index in [2.05, 4.69) is 9.80 Å². The van der Waals surface area contributed by atoms with Crippen molar-refractivity contribution in [1.82, 2.24) is 9.80 Å². The fourth-order valence-electron chi connectivity index (χ4n) is 7.11. The molecule has 188 valence electrons. The van der Waals surface area contributed by atoms with Gasteiger partial charge in [-0.2, -0.15) is 0 Å². The second-order valence-corrected chi connectivity index (χ2v) is 11.6. The van der Waals surface area contributed by atoms with Crippen molar-refractivity contribution >= 4 is 29.2 Å².